The van der Waals surface area contributed by atoms with Crippen LogP contribution in [0.5, 0.6) is 0 Å². The van der Waals surface area contributed by atoms with E-state index >= 15 is 0 Å². The highest BCUT2D eigenvalue weighted by Crippen LogP contribution is 2.56. The second kappa shape index (κ2) is 4.52. The quantitative estimate of drug-likeness (QED) is 0.504. The van der Waals surface area contributed by atoms with E-state index in [-0.39, 0.29) is 11.6 Å². The molecular weight excluding hydrogens is 192 g/mol. The Bertz CT molecular complexity index is 233. The lowest BCUT2D eigenvalue weighted by molar-refractivity contribution is -0.149. The molecule has 1 aliphatic rings. The van der Waals surface area contributed by atoms with E-state index in [2.05, 4.69) is 20.8 Å². The number of ether oxygens (including phenoxy) is 2. The zero-order valence-corrected chi connectivity index (χ0v) is 10.3. The highest BCUT2D eigenvalue weighted by Gasteiger charge is 2.72. The van der Waals surface area contributed by atoms with E-state index < -0.39 is 5.60 Å². The van der Waals surface area contributed by atoms with Crippen molar-refractivity contribution in [3.8, 4) is 0 Å². The lowest BCUT2D eigenvalue weighted by atomic mass is 9.85. The average Bonchev–Trinajstić information content (AvgIpc) is 2.90. The molecule has 3 nitrogen and oxygen atoms in total. The summed E-state index contributed by atoms with van der Waals surface area (Å²) in [5, 5.41) is 0. The Morgan fingerprint density at radius 3 is 2.13 bits per heavy atom. The minimum Gasteiger partial charge on any atom is -0.464 e. The van der Waals surface area contributed by atoms with Gasteiger partial charge in [0.1, 0.15) is 5.60 Å². The maximum Gasteiger partial charge on any atom is 0.341 e. The van der Waals surface area contributed by atoms with Gasteiger partial charge in [-0.3, -0.25) is 0 Å². The molecule has 0 radical (unpaired) electrons. The minimum atomic E-state index is -0.638. The third-order valence-corrected chi connectivity index (χ3v) is 3.41. The second-order valence-electron chi connectivity index (χ2n) is 4.10. The predicted molar refractivity (Wildman–Crippen MR) is 58.7 cm³/mol. The second-order valence-corrected chi connectivity index (χ2v) is 4.10. The Labute approximate surface area is 92.1 Å². The molecule has 88 valence electrons. The fraction of sp³-hybridized carbons (Fsp3) is 0.917. The molecular formula is C12H22O3. The Kier molecular flexibility index (Phi) is 3.77. The number of carbonyl (C=O) groups is 1. The fourth-order valence-electron chi connectivity index (χ4n) is 2.48. The SMILES string of the molecule is CCCC1(C(=O)OCC)OC1(CC)CC. The van der Waals surface area contributed by atoms with Crippen LogP contribution in [0.2, 0.25) is 0 Å². The van der Waals surface area contributed by atoms with Gasteiger partial charge in [-0.05, 0) is 26.2 Å². The first-order chi connectivity index (χ1) is 7.12. The summed E-state index contributed by atoms with van der Waals surface area (Å²) in [6, 6.07) is 0. The smallest absolute Gasteiger partial charge is 0.341 e. The van der Waals surface area contributed by atoms with Crippen LogP contribution in [-0.4, -0.2) is 23.8 Å². The molecule has 0 bridgehead atoms. The monoisotopic (exact) mass is 214 g/mol. The summed E-state index contributed by atoms with van der Waals surface area (Å²) in [5.41, 5.74) is -0.892. The molecule has 1 fully saturated rings. The maximum absolute atomic E-state index is 11.9. The topological polar surface area (TPSA) is 38.8 Å². The maximum atomic E-state index is 11.9. The van der Waals surface area contributed by atoms with E-state index in [0.717, 1.165) is 25.7 Å². The molecule has 0 aliphatic carbocycles. The highest BCUT2D eigenvalue weighted by molar-refractivity contribution is 5.84. The summed E-state index contributed by atoms with van der Waals surface area (Å²) in [4.78, 5) is 11.9. The first kappa shape index (κ1) is 12.5. The van der Waals surface area contributed by atoms with E-state index in [9.17, 15) is 4.79 Å². The van der Waals surface area contributed by atoms with Gasteiger partial charge in [-0.15, -0.1) is 0 Å². The van der Waals surface area contributed by atoms with Crippen molar-refractivity contribution in [1.82, 2.24) is 0 Å². The summed E-state index contributed by atoms with van der Waals surface area (Å²) in [7, 11) is 0. The van der Waals surface area contributed by atoms with Crippen LogP contribution in [0.15, 0.2) is 0 Å². The molecule has 1 aliphatic heterocycles. The van der Waals surface area contributed by atoms with E-state index in [4.69, 9.17) is 9.47 Å². The van der Waals surface area contributed by atoms with Crippen molar-refractivity contribution in [2.45, 2.75) is 64.6 Å². The fourth-order valence-corrected chi connectivity index (χ4v) is 2.48. The van der Waals surface area contributed by atoms with Crippen molar-refractivity contribution >= 4 is 5.97 Å². The lowest BCUT2D eigenvalue weighted by Gasteiger charge is -2.15. The van der Waals surface area contributed by atoms with Crippen LogP contribution in [0, 0.1) is 0 Å². The standard InChI is InChI=1S/C12H22O3/c1-5-9-12(10(13)14-8-4)11(6-2,7-3)15-12/h5-9H2,1-4H3. The Hall–Kier alpha value is -0.570. The molecule has 0 aromatic carbocycles. The molecule has 1 atom stereocenters. The van der Waals surface area contributed by atoms with Crippen LogP contribution in [0.1, 0.15) is 53.4 Å². The molecule has 1 saturated heterocycles. The highest BCUT2D eigenvalue weighted by atomic mass is 16.7. The van der Waals surface area contributed by atoms with E-state index in [1.807, 2.05) is 6.92 Å². The number of epoxide rings is 1. The summed E-state index contributed by atoms with van der Waals surface area (Å²) in [5.74, 6) is -0.171. The average molecular weight is 214 g/mol. The normalized spacial score (nSPS) is 27.5. The van der Waals surface area contributed by atoms with Crippen LogP contribution in [0.3, 0.4) is 0 Å². The van der Waals surface area contributed by atoms with E-state index in [1.165, 1.54) is 0 Å². The Balaban J connectivity index is 2.80. The number of carbonyl (C=O) groups excluding carboxylic acids is 1. The number of hydrogen-bond acceptors (Lipinski definition) is 3. The van der Waals surface area contributed by atoms with Gasteiger partial charge in [-0.25, -0.2) is 4.79 Å². The first-order valence-corrected chi connectivity index (χ1v) is 5.99. The van der Waals surface area contributed by atoms with Gasteiger partial charge in [-0.2, -0.15) is 0 Å². The molecule has 3 heteroatoms. The van der Waals surface area contributed by atoms with Gasteiger partial charge >= 0.3 is 5.97 Å². The van der Waals surface area contributed by atoms with Gasteiger partial charge in [0.25, 0.3) is 0 Å². The van der Waals surface area contributed by atoms with Gasteiger partial charge in [0, 0.05) is 0 Å². The van der Waals surface area contributed by atoms with Gasteiger partial charge < -0.3 is 9.47 Å². The molecule has 1 rings (SSSR count). The lowest BCUT2D eigenvalue weighted by Crippen LogP contribution is -2.35. The van der Waals surface area contributed by atoms with E-state index in [1.54, 1.807) is 0 Å². The van der Waals surface area contributed by atoms with Crippen molar-refractivity contribution in [3.63, 3.8) is 0 Å². The third-order valence-electron chi connectivity index (χ3n) is 3.41. The molecule has 0 saturated carbocycles. The Morgan fingerprint density at radius 2 is 1.80 bits per heavy atom. The molecule has 0 N–H and O–H groups in total. The summed E-state index contributed by atoms with van der Waals surface area (Å²) in [6.45, 7) is 8.47. The molecule has 1 unspecified atom stereocenters. The summed E-state index contributed by atoms with van der Waals surface area (Å²) < 4.78 is 10.9. The van der Waals surface area contributed by atoms with Gasteiger partial charge in [-0.1, -0.05) is 27.2 Å². The number of esters is 1. The van der Waals surface area contributed by atoms with Crippen molar-refractivity contribution in [1.29, 1.82) is 0 Å². The van der Waals surface area contributed by atoms with Crippen LogP contribution >= 0.6 is 0 Å². The van der Waals surface area contributed by atoms with E-state index in [0.29, 0.717) is 6.61 Å². The molecule has 15 heavy (non-hydrogen) atoms. The van der Waals surface area contributed by atoms with Crippen molar-refractivity contribution in [3.05, 3.63) is 0 Å². The zero-order valence-electron chi connectivity index (χ0n) is 10.3. The third kappa shape index (κ3) is 1.78. The van der Waals surface area contributed by atoms with Crippen molar-refractivity contribution in [2.75, 3.05) is 6.61 Å². The molecule has 0 spiro atoms. The summed E-state index contributed by atoms with van der Waals surface area (Å²) in [6.07, 6.45) is 3.47. The number of rotatable bonds is 6. The minimum absolute atomic E-state index is 0.171. The van der Waals surface area contributed by atoms with Crippen LogP contribution < -0.4 is 0 Å². The van der Waals surface area contributed by atoms with Crippen LogP contribution in [0.25, 0.3) is 0 Å². The Morgan fingerprint density at radius 1 is 1.20 bits per heavy atom. The molecule has 0 amide bonds. The van der Waals surface area contributed by atoms with Gasteiger partial charge in [0.15, 0.2) is 5.60 Å². The van der Waals surface area contributed by atoms with Crippen molar-refractivity contribution < 1.29 is 14.3 Å². The molecule has 0 aromatic rings. The van der Waals surface area contributed by atoms with Gasteiger partial charge in [0.2, 0.25) is 0 Å². The molecule has 1 heterocycles. The largest absolute Gasteiger partial charge is 0.464 e. The zero-order chi connectivity index (χ0) is 11.5. The first-order valence-electron chi connectivity index (χ1n) is 5.99. The van der Waals surface area contributed by atoms with Crippen LogP contribution in [0.4, 0.5) is 0 Å². The molecule has 0 aromatic heterocycles. The number of hydrogen-bond donors (Lipinski definition) is 0. The van der Waals surface area contributed by atoms with Crippen LogP contribution in [-0.2, 0) is 14.3 Å². The summed E-state index contributed by atoms with van der Waals surface area (Å²) >= 11 is 0. The van der Waals surface area contributed by atoms with Crippen molar-refractivity contribution in [2.24, 2.45) is 0 Å². The predicted octanol–water partition coefficient (Wildman–Crippen LogP) is 2.68. The van der Waals surface area contributed by atoms with Gasteiger partial charge in [0.05, 0.1) is 6.61 Å².